The molecule has 1 heterocycles. The van der Waals surface area contributed by atoms with Crippen LogP contribution in [0.5, 0.6) is 0 Å². The number of nitrogens with zero attached hydrogens (tertiary/aromatic N) is 3. The molecule has 4 atom stereocenters. The lowest BCUT2D eigenvalue weighted by Gasteiger charge is -2.21. The number of hydrogen-bond acceptors (Lipinski definition) is 5. The van der Waals surface area contributed by atoms with E-state index in [1.165, 1.54) is 7.11 Å². The van der Waals surface area contributed by atoms with Crippen molar-refractivity contribution in [2.45, 2.75) is 44.3 Å². The molecule has 1 saturated heterocycles. The molecule has 2 fully saturated rings. The second-order valence-electron chi connectivity index (χ2n) is 4.70. The maximum Gasteiger partial charge on any atom is 0.311 e. The standard InChI is InChI=1S/C10H15N3O4/c1-10(2)16-7-5(9(14)15-3)4-6(12-13-11)8(7)17-10/h5-8H,4H2,1-3H3/t5-,6+,7+,8-/m0/s1. The van der Waals surface area contributed by atoms with E-state index in [4.69, 9.17) is 19.7 Å². The molecule has 0 N–H and O–H groups in total. The lowest BCUT2D eigenvalue weighted by atomic mass is 10.1. The Kier molecular flexibility index (Phi) is 2.99. The van der Waals surface area contributed by atoms with Crippen molar-refractivity contribution in [1.82, 2.24) is 0 Å². The van der Waals surface area contributed by atoms with Crippen molar-refractivity contribution in [3.63, 3.8) is 0 Å². The first kappa shape index (κ1) is 12.2. The summed E-state index contributed by atoms with van der Waals surface area (Å²) in [5, 5.41) is 3.67. The minimum Gasteiger partial charge on any atom is -0.469 e. The Balaban J connectivity index is 2.23. The monoisotopic (exact) mass is 241 g/mol. The van der Waals surface area contributed by atoms with E-state index in [1.807, 2.05) is 0 Å². The fourth-order valence-corrected chi connectivity index (χ4v) is 2.52. The minimum atomic E-state index is -0.759. The van der Waals surface area contributed by atoms with Crippen LogP contribution in [-0.4, -0.2) is 37.1 Å². The summed E-state index contributed by atoms with van der Waals surface area (Å²) < 4.78 is 16.1. The van der Waals surface area contributed by atoms with Gasteiger partial charge in [0, 0.05) is 4.91 Å². The molecule has 7 nitrogen and oxygen atoms in total. The number of carbonyl (C=O) groups excluding carboxylic acids is 1. The maximum absolute atomic E-state index is 11.6. The Morgan fingerprint density at radius 2 is 2.12 bits per heavy atom. The fourth-order valence-electron chi connectivity index (χ4n) is 2.52. The molecule has 0 aromatic carbocycles. The highest BCUT2D eigenvalue weighted by Gasteiger charge is 2.56. The maximum atomic E-state index is 11.6. The average molecular weight is 241 g/mol. The summed E-state index contributed by atoms with van der Waals surface area (Å²) >= 11 is 0. The predicted octanol–water partition coefficient (Wildman–Crippen LogP) is 1.38. The van der Waals surface area contributed by atoms with Gasteiger partial charge in [-0.25, -0.2) is 0 Å². The van der Waals surface area contributed by atoms with Crippen LogP contribution in [-0.2, 0) is 19.0 Å². The molecule has 94 valence electrons. The first-order valence-electron chi connectivity index (χ1n) is 5.46. The molecule has 0 aromatic heterocycles. The second-order valence-corrected chi connectivity index (χ2v) is 4.70. The summed E-state index contributed by atoms with van der Waals surface area (Å²) in [6.07, 6.45) is -0.361. The first-order chi connectivity index (χ1) is 7.98. The number of azide groups is 1. The zero-order chi connectivity index (χ0) is 12.6. The van der Waals surface area contributed by atoms with Crippen LogP contribution in [0.4, 0.5) is 0 Å². The highest BCUT2D eigenvalue weighted by Crippen LogP contribution is 2.43. The van der Waals surface area contributed by atoms with Crippen LogP contribution in [0.2, 0.25) is 0 Å². The molecule has 1 aliphatic heterocycles. The Morgan fingerprint density at radius 1 is 1.47 bits per heavy atom. The molecule has 0 unspecified atom stereocenters. The topological polar surface area (TPSA) is 93.5 Å². The van der Waals surface area contributed by atoms with E-state index >= 15 is 0 Å². The Hall–Kier alpha value is -1.30. The summed E-state index contributed by atoms with van der Waals surface area (Å²) in [6.45, 7) is 3.54. The predicted molar refractivity (Wildman–Crippen MR) is 56.9 cm³/mol. The van der Waals surface area contributed by atoms with Crippen LogP contribution in [0.15, 0.2) is 5.11 Å². The molecule has 7 heteroatoms. The molecule has 1 aliphatic carbocycles. The second kappa shape index (κ2) is 4.18. The lowest BCUT2D eigenvalue weighted by molar-refractivity contribution is -0.167. The number of ether oxygens (including phenoxy) is 3. The molecule has 0 amide bonds. The number of fused-ring (bicyclic) bond motifs is 1. The summed E-state index contributed by atoms with van der Waals surface area (Å²) in [7, 11) is 1.33. The fraction of sp³-hybridized carbons (Fsp3) is 0.900. The number of methoxy groups -OCH3 is 1. The van der Waals surface area contributed by atoms with Crippen LogP contribution >= 0.6 is 0 Å². The van der Waals surface area contributed by atoms with E-state index in [9.17, 15) is 4.79 Å². The van der Waals surface area contributed by atoms with Crippen molar-refractivity contribution in [3.05, 3.63) is 10.4 Å². The van der Waals surface area contributed by atoms with Crippen LogP contribution in [0.3, 0.4) is 0 Å². The van der Waals surface area contributed by atoms with Gasteiger partial charge >= 0.3 is 5.97 Å². The van der Waals surface area contributed by atoms with Crippen molar-refractivity contribution in [2.24, 2.45) is 11.0 Å². The molecular weight excluding hydrogens is 226 g/mol. The Morgan fingerprint density at radius 3 is 2.71 bits per heavy atom. The van der Waals surface area contributed by atoms with Gasteiger partial charge in [0.15, 0.2) is 5.79 Å². The van der Waals surface area contributed by atoms with Crippen molar-refractivity contribution in [1.29, 1.82) is 0 Å². The van der Waals surface area contributed by atoms with Gasteiger partial charge in [-0.15, -0.1) is 0 Å². The van der Waals surface area contributed by atoms with Crippen LogP contribution in [0.25, 0.3) is 10.4 Å². The summed E-state index contributed by atoms with van der Waals surface area (Å²) in [5.41, 5.74) is 8.50. The summed E-state index contributed by atoms with van der Waals surface area (Å²) in [5.74, 6) is -1.54. The molecule has 1 saturated carbocycles. The molecule has 17 heavy (non-hydrogen) atoms. The van der Waals surface area contributed by atoms with Crippen molar-refractivity contribution in [2.75, 3.05) is 7.11 Å². The number of rotatable bonds is 2. The van der Waals surface area contributed by atoms with Gasteiger partial charge in [0.2, 0.25) is 0 Å². The molecule has 0 aromatic rings. The van der Waals surface area contributed by atoms with Crippen molar-refractivity contribution in [3.8, 4) is 0 Å². The highest BCUT2D eigenvalue weighted by molar-refractivity contribution is 5.74. The van der Waals surface area contributed by atoms with E-state index in [0.29, 0.717) is 6.42 Å². The Bertz CT molecular complexity index is 378. The van der Waals surface area contributed by atoms with Crippen LogP contribution in [0.1, 0.15) is 20.3 Å². The van der Waals surface area contributed by atoms with Crippen LogP contribution in [0, 0.1) is 5.92 Å². The van der Waals surface area contributed by atoms with E-state index in [-0.39, 0.29) is 18.1 Å². The SMILES string of the molecule is COC(=O)[C@H]1C[C@@H](N=[N+]=[N-])[C@@H]2OC(C)(C)O[C@@H]21. The molecule has 2 aliphatic rings. The van der Waals surface area contributed by atoms with Gasteiger partial charge in [-0.2, -0.15) is 0 Å². The smallest absolute Gasteiger partial charge is 0.311 e. The molecule has 0 radical (unpaired) electrons. The van der Waals surface area contributed by atoms with Gasteiger partial charge in [-0.3, -0.25) is 4.79 Å². The van der Waals surface area contributed by atoms with Gasteiger partial charge < -0.3 is 14.2 Å². The van der Waals surface area contributed by atoms with Gasteiger partial charge in [0.25, 0.3) is 0 Å². The van der Waals surface area contributed by atoms with Gasteiger partial charge in [0.05, 0.1) is 25.2 Å². The molecular formula is C10H15N3O4. The largest absolute Gasteiger partial charge is 0.469 e. The average Bonchev–Trinajstić information content (AvgIpc) is 2.73. The molecule has 0 spiro atoms. The first-order valence-corrected chi connectivity index (χ1v) is 5.46. The molecule has 0 bridgehead atoms. The quantitative estimate of drug-likeness (QED) is 0.316. The highest BCUT2D eigenvalue weighted by atomic mass is 16.8. The van der Waals surface area contributed by atoms with Crippen LogP contribution < -0.4 is 0 Å². The summed E-state index contributed by atoms with van der Waals surface area (Å²) in [4.78, 5) is 14.4. The van der Waals surface area contributed by atoms with E-state index in [2.05, 4.69) is 10.0 Å². The Labute approximate surface area is 98.6 Å². The normalized spacial score (nSPS) is 38.3. The van der Waals surface area contributed by atoms with Gasteiger partial charge in [-0.1, -0.05) is 5.11 Å². The third-order valence-corrected chi connectivity index (χ3v) is 3.14. The van der Waals surface area contributed by atoms with E-state index in [1.54, 1.807) is 13.8 Å². The van der Waals surface area contributed by atoms with E-state index < -0.39 is 17.8 Å². The minimum absolute atomic E-state index is 0.350. The number of hydrogen-bond donors (Lipinski definition) is 0. The third-order valence-electron chi connectivity index (χ3n) is 3.14. The van der Waals surface area contributed by atoms with Crippen molar-refractivity contribution < 1.29 is 19.0 Å². The summed E-state index contributed by atoms with van der Waals surface area (Å²) in [6, 6.07) is -0.379. The van der Waals surface area contributed by atoms with Crippen molar-refractivity contribution >= 4 is 5.97 Å². The molecule has 2 rings (SSSR count). The van der Waals surface area contributed by atoms with Gasteiger partial charge in [0.1, 0.15) is 6.10 Å². The lowest BCUT2D eigenvalue weighted by Crippen LogP contribution is -2.30. The number of carbonyl (C=O) groups is 1. The zero-order valence-electron chi connectivity index (χ0n) is 9.99. The van der Waals surface area contributed by atoms with Gasteiger partial charge in [-0.05, 0) is 25.8 Å². The third kappa shape index (κ3) is 2.09. The van der Waals surface area contributed by atoms with E-state index in [0.717, 1.165) is 0 Å². The number of esters is 1. The zero-order valence-corrected chi connectivity index (χ0v) is 9.99.